The molecular formula is C15H11N3OS. The molecule has 3 rings (SSSR count). The van der Waals surface area contributed by atoms with Gasteiger partial charge in [0.1, 0.15) is 0 Å². The monoisotopic (exact) mass is 281 g/mol. The van der Waals surface area contributed by atoms with Gasteiger partial charge in [-0.25, -0.2) is 0 Å². The van der Waals surface area contributed by atoms with E-state index < -0.39 is 0 Å². The number of carbonyl (C=O) groups is 1. The molecule has 0 unspecified atom stereocenters. The minimum atomic E-state index is -0.248. The van der Waals surface area contributed by atoms with Crippen molar-refractivity contribution < 1.29 is 4.79 Å². The van der Waals surface area contributed by atoms with E-state index in [0.717, 1.165) is 28.3 Å². The number of aromatic nitrogens is 2. The number of nitrogens with one attached hydrogen (secondary N) is 1. The van der Waals surface area contributed by atoms with Crippen molar-refractivity contribution in [1.29, 1.82) is 0 Å². The molecule has 5 heteroatoms. The number of nitrogens with zero attached hydrogens (tertiary/aromatic N) is 2. The zero-order chi connectivity index (χ0) is 13.8. The van der Waals surface area contributed by atoms with Gasteiger partial charge < -0.3 is 5.32 Å². The summed E-state index contributed by atoms with van der Waals surface area (Å²) in [5.41, 5.74) is 3.12. The number of hydrogen-bond acceptors (Lipinski definition) is 4. The molecule has 0 atom stereocenters. The Morgan fingerprint density at radius 3 is 2.50 bits per heavy atom. The van der Waals surface area contributed by atoms with Crippen LogP contribution in [0.15, 0.2) is 60.0 Å². The molecule has 1 aromatic heterocycles. The first kappa shape index (κ1) is 12.5. The number of carbonyl (C=O) groups excluding carboxylic acids is 1. The van der Waals surface area contributed by atoms with Gasteiger partial charge in [0, 0.05) is 16.6 Å². The summed E-state index contributed by atoms with van der Waals surface area (Å²) in [5.74, 6) is -0.248. The molecule has 3 aromatic rings. The van der Waals surface area contributed by atoms with Crippen molar-refractivity contribution in [3.05, 3.63) is 65.7 Å². The van der Waals surface area contributed by atoms with Gasteiger partial charge in [0.25, 0.3) is 5.91 Å². The van der Waals surface area contributed by atoms with E-state index in [1.54, 1.807) is 5.38 Å². The molecule has 2 aromatic carbocycles. The quantitative estimate of drug-likeness (QED) is 0.800. The highest BCUT2D eigenvalue weighted by Gasteiger charge is 2.11. The highest BCUT2D eigenvalue weighted by Crippen LogP contribution is 2.27. The van der Waals surface area contributed by atoms with Gasteiger partial charge in [-0.05, 0) is 23.2 Å². The SMILES string of the molecule is O=C(Nc1ccccc1-c1ccccc1)c1csnn1. The fourth-order valence-corrected chi connectivity index (χ4v) is 2.35. The zero-order valence-corrected chi connectivity index (χ0v) is 11.3. The Hall–Kier alpha value is -2.53. The number of amides is 1. The molecule has 0 aliphatic heterocycles. The molecular weight excluding hydrogens is 270 g/mol. The van der Waals surface area contributed by atoms with E-state index in [4.69, 9.17) is 0 Å². The maximum absolute atomic E-state index is 12.1. The molecule has 0 spiro atoms. The Labute approximate surface area is 120 Å². The minimum absolute atomic E-state index is 0.248. The maximum Gasteiger partial charge on any atom is 0.277 e. The van der Waals surface area contributed by atoms with E-state index in [2.05, 4.69) is 14.9 Å². The van der Waals surface area contributed by atoms with Crippen LogP contribution >= 0.6 is 11.5 Å². The predicted molar refractivity (Wildman–Crippen MR) is 79.7 cm³/mol. The highest BCUT2D eigenvalue weighted by molar-refractivity contribution is 7.03. The third-order valence-corrected chi connectivity index (χ3v) is 3.36. The summed E-state index contributed by atoms with van der Waals surface area (Å²) in [7, 11) is 0. The van der Waals surface area contributed by atoms with Crippen LogP contribution in [0, 0.1) is 0 Å². The molecule has 0 bridgehead atoms. The summed E-state index contributed by atoms with van der Waals surface area (Å²) < 4.78 is 3.70. The second kappa shape index (κ2) is 5.63. The minimum Gasteiger partial charge on any atom is -0.320 e. The summed E-state index contributed by atoms with van der Waals surface area (Å²) in [4.78, 5) is 12.1. The predicted octanol–water partition coefficient (Wildman–Crippen LogP) is 3.46. The lowest BCUT2D eigenvalue weighted by Crippen LogP contribution is -2.13. The average molecular weight is 281 g/mol. The van der Waals surface area contributed by atoms with E-state index in [-0.39, 0.29) is 5.91 Å². The third-order valence-electron chi connectivity index (χ3n) is 2.85. The second-order valence-corrected chi connectivity index (χ2v) is 4.77. The van der Waals surface area contributed by atoms with Gasteiger partial charge in [0.2, 0.25) is 0 Å². The van der Waals surface area contributed by atoms with Gasteiger partial charge in [0.15, 0.2) is 5.69 Å². The normalized spacial score (nSPS) is 10.2. The molecule has 0 aliphatic carbocycles. The number of rotatable bonds is 3. The van der Waals surface area contributed by atoms with E-state index >= 15 is 0 Å². The smallest absolute Gasteiger partial charge is 0.277 e. The van der Waals surface area contributed by atoms with Crippen LogP contribution in [0.2, 0.25) is 0 Å². The molecule has 98 valence electrons. The van der Waals surface area contributed by atoms with Gasteiger partial charge in [0.05, 0.1) is 0 Å². The van der Waals surface area contributed by atoms with Gasteiger partial charge >= 0.3 is 0 Å². The van der Waals surface area contributed by atoms with Crippen LogP contribution in [0.3, 0.4) is 0 Å². The molecule has 1 amide bonds. The summed E-state index contributed by atoms with van der Waals surface area (Å²) >= 11 is 1.16. The summed E-state index contributed by atoms with van der Waals surface area (Å²) in [6, 6.07) is 17.6. The fraction of sp³-hybridized carbons (Fsp3) is 0. The van der Waals surface area contributed by atoms with Crippen LogP contribution in [-0.2, 0) is 0 Å². The Balaban J connectivity index is 1.93. The lowest BCUT2D eigenvalue weighted by Gasteiger charge is -2.10. The van der Waals surface area contributed by atoms with E-state index in [1.807, 2.05) is 54.6 Å². The lowest BCUT2D eigenvalue weighted by molar-refractivity contribution is 0.102. The molecule has 0 saturated carbocycles. The molecule has 20 heavy (non-hydrogen) atoms. The first-order valence-corrected chi connectivity index (χ1v) is 6.91. The standard InChI is InChI=1S/C15H11N3OS/c19-15(14-10-20-18-17-14)16-13-9-5-4-8-12(13)11-6-2-1-3-7-11/h1-10H,(H,16,19). The Morgan fingerprint density at radius 2 is 1.75 bits per heavy atom. The Morgan fingerprint density at radius 1 is 1.00 bits per heavy atom. The molecule has 0 aliphatic rings. The topological polar surface area (TPSA) is 54.9 Å². The van der Waals surface area contributed by atoms with Gasteiger partial charge in [-0.15, -0.1) is 5.10 Å². The number of para-hydroxylation sites is 1. The second-order valence-electron chi connectivity index (χ2n) is 4.16. The van der Waals surface area contributed by atoms with Crippen molar-refractivity contribution in [3.63, 3.8) is 0 Å². The molecule has 0 saturated heterocycles. The largest absolute Gasteiger partial charge is 0.320 e. The van der Waals surface area contributed by atoms with E-state index in [1.165, 1.54) is 0 Å². The summed E-state index contributed by atoms with van der Waals surface area (Å²) in [6.07, 6.45) is 0. The molecule has 1 N–H and O–H groups in total. The van der Waals surface area contributed by atoms with Crippen LogP contribution in [0.4, 0.5) is 5.69 Å². The molecule has 4 nitrogen and oxygen atoms in total. The van der Waals surface area contributed by atoms with Crippen LogP contribution < -0.4 is 5.32 Å². The number of benzene rings is 2. The van der Waals surface area contributed by atoms with Gasteiger partial charge in [-0.1, -0.05) is 53.0 Å². The van der Waals surface area contributed by atoms with Gasteiger partial charge in [-0.3, -0.25) is 4.79 Å². The van der Waals surface area contributed by atoms with E-state index in [0.29, 0.717) is 5.69 Å². The summed E-state index contributed by atoms with van der Waals surface area (Å²) in [5, 5.41) is 8.27. The number of anilines is 1. The average Bonchev–Trinajstić information content (AvgIpc) is 3.03. The van der Waals surface area contributed by atoms with Crippen molar-refractivity contribution in [1.82, 2.24) is 9.59 Å². The molecule has 1 heterocycles. The highest BCUT2D eigenvalue weighted by atomic mass is 32.1. The van der Waals surface area contributed by atoms with E-state index in [9.17, 15) is 4.79 Å². The Kier molecular flexibility index (Phi) is 3.52. The zero-order valence-electron chi connectivity index (χ0n) is 10.5. The van der Waals surface area contributed by atoms with Crippen LogP contribution in [0.1, 0.15) is 10.5 Å². The van der Waals surface area contributed by atoms with Crippen LogP contribution in [-0.4, -0.2) is 15.5 Å². The number of hydrogen-bond donors (Lipinski definition) is 1. The first-order chi connectivity index (χ1) is 9.84. The van der Waals surface area contributed by atoms with Crippen molar-refractivity contribution in [2.75, 3.05) is 5.32 Å². The van der Waals surface area contributed by atoms with Crippen LogP contribution in [0.5, 0.6) is 0 Å². The van der Waals surface area contributed by atoms with Gasteiger partial charge in [-0.2, -0.15) is 0 Å². The van der Waals surface area contributed by atoms with Crippen molar-refractivity contribution in [2.24, 2.45) is 0 Å². The lowest BCUT2D eigenvalue weighted by atomic mass is 10.0. The summed E-state index contributed by atoms with van der Waals surface area (Å²) in [6.45, 7) is 0. The van der Waals surface area contributed by atoms with Crippen molar-refractivity contribution in [2.45, 2.75) is 0 Å². The van der Waals surface area contributed by atoms with Crippen LogP contribution in [0.25, 0.3) is 11.1 Å². The fourth-order valence-electron chi connectivity index (χ4n) is 1.91. The molecule has 0 fully saturated rings. The third kappa shape index (κ3) is 2.57. The molecule has 0 radical (unpaired) electrons. The van der Waals surface area contributed by atoms with Crippen molar-refractivity contribution >= 4 is 23.1 Å². The van der Waals surface area contributed by atoms with Crippen molar-refractivity contribution in [3.8, 4) is 11.1 Å². The maximum atomic E-state index is 12.1. The Bertz CT molecular complexity index is 711. The first-order valence-electron chi connectivity index (χ1n) is 6.07.